The van der Waals surface area contributed by atoms with Gasteiger partial charge in [-0.25, -0.2) is 13.4 Å². The summed E-state index contributed by atoms with van der Waals surface area (Å²) >= 11 is 0. The maximum Gasteiger partial charge on any atom is 0.253 e. The predicted octanol–water partition coefficient (Wildman–Crippen LogP) is 2.06. The number of nitrogens with one attached hydrogen (secondary N) is 1. The van der Waals surface area contributed by atoms with Gasteiger partial charge in [-0.15, -0.1) is 0 Å². The molecule has 1 saturated heterocycles. The second kappa shape index (κ2) is 8.55. The van der Waals surface area contributed by atoms with E-state index in [1.54, 1.807) is 66.4 Å². The van der Waals surface area contributed by atoms with E-state index in [-0.39, 0.29) is 16.8 Å². The SMILES string of the molecule is CN(C1CCOCC1)S(=O)(=O)c1ccc(CNC(=O)c2ccc3nccn3c2)cc1. The van der Waals surface area contributed by atoms with E-state index < -0.39 is 10.0 Å². The molecule has 1 aromatic carbocycles. The first kappa shape index (κ1) is 20.5. The molecule has 0 saturated carbocycles. The molecule has 9 heteroatoms. The molecule has 0 unspecified atom stereocenters. The van der Waals surface area contributed by atoms with Crippen LogP contribution in [0.1, 0.15) is 28.8 Å². The highest BCUT2D eigenvalue weighted by molar-refractivity contribution is 7.89. The number of rotatable bonds is 6. The summed E-state index contributed by atoms with van der Waals surface area (Å²) in [5.74, 6) is -0.207. The van der Waals surface area contributed by atoms with E-state index in [1.165, 1.54) is 4.31 Å². The first-order chi connectivity index (χ1) is 14.4. The summed E-state index contributed by atoms with van der Waals surface area (Å²) in [7, 11) is -1.94. The van der Waals surface area contributed by atoms with Crippen molar-refractivity contribution in [1.82, 2.24) is 19.0 Å². The van der Waals surface area contributed by atoms with Crippen LogP contribution in [-0.4, -0.2) is 54.3 Å². The van der Waals surface area contributed by atoms with Gasteiger partial charge in [-0.05, 0) is 42.7 Å². The second-order valence-electron chi connectivity index (χ2n) is 7.30. The Hall–Kier alpha value is -2.75. The minimum atomic E-state index is -3.56. The molecule has 1 fully saturated rings. The highest BCUT2D eigenvalue weighted by Gasteiger charge is 2.29. The summed E-state index contributed by atoms with van der Waals surface area (Å²) in [4.78, 5) is 16.8. The number of hydrogen-bond donors (Lipinski definition) is 1. The van der Waals surface area contributed by atoms with Crippen LogP contribution in [0.15, 0.2) is 59.9 Å². The Balaban J connectivity index is 1.39. The molecule has 0 bridgehead atoms. The average Bonchev–Trinajstić information content (AvgIpc) is 3.25. The van der Waals surface area contributed by atoms with E-state index in [0.717, 1.165) is 11.2 Å². The highest BCUT2D eigenvalue weighted by Crippen LogP contribution is 2.22. The number of benzene rings is 1. The smallest absolute Gasteiger partial charge is 0.253 e. The van der Waals surface area contributed by atoms with Gasteiger partial charge in [0, 0.05) is 51.4 Å². The van der Waals surface area contributed by atoms with Crippen LogP contribution in [0.3, 0.4) is 0 Å². The van der Waals surface area contributed by atoms with Gasteiger partial charge in [0.2, 0.25) is 10.0 Å². The number of carbonyl (C=O) groups is 1. The van der Waals surface area contributed by atoms with E-state index in [2.05, 4.69) is 10.3 Å². The van der Waals surface area contributed by atoms with Crippen LogP contribution in [0, 0.1) is 0 Å². The number of carbonyl (C=O) groups excluding carboxylic acids is 1. The number of pyridine rings is 1. The van der Waals surface area contributed by atoms with Crippen LogP contribution in [0.25, 0.3) is 5.65 Å². The third kappa shape index (κ3) is 4.23. The molecule has 0 aliphatic carbocycles. The lowest BCUT2D eigenvalue weighted by Gasteiger charge is -2.30. The minimum absolute atomic E-state index is 0.0458. The number of nitrogens with zero attached hydrogens (tertiary/aromatic N) is 3. The number of hydrogen-bond acceptors (Lipinski definition) is 5. The quantitative estimate of drug-likeness (QED) is 0.649. The maximum absolute atomic E-state index is 12.9. The maximum atomic E-state index is 12.9. The summed E-state index contributed by atoms with van der Waals surface area (Å²) in [6.07, 6.45) is 6.57. The Labute approximate surface area is 175 Å². The van der Waals surface area contributed by atoms with Crippen molar-refractivity contribution in [2.45, 2.75) is 30.3 Å². The fourth-order valence-corrected chi connectivity index (χ4v) is 4.95. The second-order valence-corrected chi connectivity index (χ2v) is 9.30. The summed E-state index contributed by atoms with van der Waals surface area (Å²) in [5, 5.41) is 2.86. The van der Waals surface area contributed by atoms with E-state index in [4.69, 9.17) is 4.74 Å². The van der Waals surface area contributed by atoms with Crippen molar-refractivity contribution in [3.8, 4) is 0 Å². The van der Waals surface area contributed by atoms with Crippen LogP contribution in [0.5, 0.6) is 0 Å². The minimum Gasteiger partial charge on any atom is -0.381 e. The van der Waals surface area contributed by atoms with E-state index in [9.17, 15) is 13.2 Å². The fraction of sp³-hybridized carbons (Fsp3) is 0.333. The third-order valence-electron chi connectivity index (χ3n) is 5.41. The van der Waals surface area contributed by atoms with Gasteiger partial charge >= 0.3 is 0 Å². The zero-order valence-corrected chi connectivity index (χ0v) is 17.5. The van der Waals surface area contributed by atoms with Crippen LogP contribution >= 0.6 is 0 Å². The number of aromatic nitrogens is 2. The molecule has 158 valence electrons. The molecular formula is C21H24N4O4S. The molecule has 8 nitrogen and oxygen atoms in total. The molecule has 2 aromatic heterocycles. The van der Waals surface area contributed by atoms with Gasteiger partial charge in [-0.2, -0.15) is 4.31 Å². The first-order valence-electron chi connectivity index (χ1n) is 9.81. The molecule has 3 heterocycles. The first-order valence-corrected chi connectivity index (χ1v) is 11.2. The van der Waals surface area contributed by atoms with Crippen LogP contribution in [-0.2, 0) is 21.3 Å². The van der Waals surface area contributed by atoms with Crippen molar-refractivity contribution < 1.29 is 17.9 Å². The molecule has 3 aromatic rings. The van der Waals surface area contributed by atoms with Gasteiger partial charge in [0.25, 0.3) is 5.91 Å². The molecule has 0 radical (unpaired) electrons. The third-order valence-corrected chi connectivity index (χ3v) is 7.33. The summed E-state index contributed by atoms with van der Waals surface area (Å²) < 4.78 is 34.3. The predicted molar refractivity (Wildman–Crippen MR) is 112 cm³/mol. The summed E-state index contributed by atoms with van der Waals surface area (Å²) in [6.45, 7) is 1.46. The van der Waals surface area contributed by atoms with Crippen molar-refractivity contribution in [2.75, 3.05) is 20.3 Å². The van der Waals surface area contributed by atoms with Crippen LogP contribution in [0.4, 0.5) is 0 Å². The Morgan fingerprint density at radius 1 is 1.20 bits per heavy atom. The molecule has 1 N–H and O–H groups in total. The van der Waals surface area contributed by atoms with Crippen molar-refractivity contribution in [2.24, 2.45) is 0 Å². The molecule has 30 heavy (non-hydrogen) atoms. The van der Waals surface area contributed by atoms with Gasteiger partial charge < -0.3 is 14.5 Å². The average molecular weight is 429 g/mol. The standard InChI is InChI=1S/C21H24N4O4S/c1-24(18-8-12-29-13-9-18)30(27,28)19-5-2-16(3-6-19)14-23-21(26)17-4-7-20-22-10-11-25(20)15-17/h2-7,10-11,15,18H,8-9,12-14H2,1H3,(H,23,26). The van der Waals surface area contributed by atoms with E-state index in [1.807, 2.05) is 0 Å². The van der Waals surface area contributed by atoms with Crippen LogP contribution < -0.4 is 5.32 Å². The molecule has 1 aliphatic rings. The Bertz CT molecular complexity index is 1140. The van der Waals surface area contributed by atoms with Gasteiger partial charge in [0.05, 0.1) is 10.5 Å². The highest BCUT2D eigenvalue weighted by atomic mass is 32.2. The fourth-order valence-electron chi connectivity index (χ4n) is 3.53. The Morgan fingerprint density at radius 2 is 1.93 bits per heavy atom. The molecule has 0 spiro atoms. The van der Waals surface area contributed by atoms with Gasteiger partial charge in [-0.3, -0.25) is 4.79 Å². The Kier molecular flexibility index (Phi) is 5.85. The van der Waals surface area contributed by atoms with E-state index in [0.29, 0.717) is 38.2 Å². The van der Waals surface area contributed by atoms with Gasteiger partial charge in [0.15, 0.2) is 0 Å². The van der Waals surface area contributed by atoms with E-state index >= 15 is 0 Å². The monoisotopic (exact) mass is 428 g/mol. The van der Waals surface area contributed by atoms with Crippen molar-refractivity contribution in [1.29, 1.82) is 0 Å². The molecule has 1 aliphatic heterocycles. The number of fused-ring (bicyclic) bond motifs is 1. The lowest BCUT2D eigenvalue weighted by atomic mass is 10.1. The molecule has 1 amide bonds. The number of ether oxygens (including phenoxy) is 1. The van der Waals surface area contributed by atoms with Crippen molar-refractivity contribution in [3.63, 3.8) is 0 Å². The van der Waals surface area contributed by atoms with Crippen LogP contribution in [0.2, 0.25) is 0 Å². The zero-order chi connectivity index (χ0) is 21.1. The molecular weight excluding hydrogens is 404 g/mol. The molecule has 4 rings (SSSR count). The number of sulfonamides is 1. The number of imidazole rings is 1. The lowest BCUT2D eigenvalue weighted by Crippen LogP contribution is -2.40. The Morgan fingerprint density at radius 3 is 2.67 bits per heavy atom. The summed E-state index contributed by atoms with van der Waals surface area (Å²) in [5.41, 5.74) is 2.12. The number of amides is 1. The largest absolute Gasteiger partial charge is 0.381 e. The summed E-state index contributed by atoms with van der Waals surface area (Å²) in [6, 6.07) is 10.1. The van der Waals surface area contributed by atoms with Crippen molar-refractivity contribution in [3.05, 3.63) is 66.1 Å². The van der Waals surface area contributed by atoms with Gasteiger partial charge in [0.1, 0.15) is 5.65 Å². The zero-order valence-electron chi connectivity index (χ0n) is 16.7. The van der Waals surface area contributed by atoms with Crippen molar-refractivity contribution >= 4 is 21.6 Å². The van der Waals surface area contributed by atoms with Gasteiger partial charge in [-0.1, -0.05) is 12.1 Å². The topological polar surface area (TPSA) is 93.0 Å². The lowest BCUT2D eigenvalue weighted by molar-refractivity contribution is 0.0632. The molecule has 0 atom stereocenters. The normalized spacial score (nSPS) is 15.5.